The number of carbonyl (C=O) groups excluding carboxylic acids is 1. The normalized spacial score (nSPS) is 15.5. The van der Waals surface area contributed by atoms with Crippen molar-refractivity contribution in [1.29, 1.82) is 0 Å². The summed E-state index contributed by atoms with van der Waals surface area (Å²) in [6.07, 6.45) is 2.54. The van der Waals surface area contributed by atoms with Gasteiger partial charge in [0.1, 0.15) is 0 Å². The van der Waals surface area contributed by atoms with Crippen LogP contribution in [0.1, 0.15) is 38.7 Å². The van der Waals surface area contributed by atoms with Gasteiger partial charge in [-0.3, -0.25) is 4.79 Å². The topological polar surface area (TPSA) is 73.6 Å². The second-order valence-electron chi connectivity index (χ2n) is 6.36. The van der Waals surface area contributed by atoms with Gasteiger partial charge in [-0.1, -0.05) is 19.9 Å². The Morgan fingerprint density at radius 2 is 2.09 bits per heavy atom. The second kappa shape index (κ2) is 7.01. The van der Waals surface area contributed by atoms with Gasteiger partial charge in [0, 0.05) is 6.54 Å². The number of nitrogens with two attached hydrogens (primary N) is 1. The molecule has 1 saturated carbocycles. The lowest BCUT2D eigenvalue weighted by Gasteiger charge is -2.14. The molecule has 2 rings (SSSR count). The summed E-state index contributed by atoms with van der Waals surface area (Å²) in [7, 11) is 1.62. The maximum Gasteiger partial charge on any atom is 0.240 e. The maximum absolute atomic E-state index is 11.8. The van der Waals surface area contributed by atoms with E-state index in [0.717, 1.165) is 30.6 Å². The summed E-state index contributed by atoms with van der Waals surface area (Å²) in [4.78, 5) is 11.8. The van der Waals surface area contributed by atoms with Crippen LogP contribution in [0.2, 0.25) is 0 Å². The lowest BCUT2D eigenvalue weighted by atomic mass is 10.1. The molecule has 1 amide bonds. The highest BCUT2D eigenvalue weighted by molar-refractivity contribution is 5.88. The Balaban J connectivity index is 1.91. The van der Waals surface area contributed by atoms with Gasteiger partial charge in [-0.2, -0.15) is 0 Å². The molecular formula is C17H26N2O3. The van der Waals surface area contributed by atoms with Crippen LogP contribution in [-0.4, -0.2) is 25.2 Å². The Labute approximate surface area is 132 Å². The third kappa shape index (κ3) is 4.37. The fourth-order valence-electron chi connectivity index (χ4n) is 2.07. The Morgan fingerprint density at radius 1 is 1.36 bits per heavy atom. The quantitative estimate of drug-likeness (QED) is 0.772. The summed E-state index contributed by atoms with van der Waals surface area (Å²) in [6, 6.07) is 5.71. The monoisotopic (exact) mass is 306 g/mol. The number of hydrogen-bond acceptors (Lipinski definition) is 4. The molecule has 0 aliphatic heterocycles. The zero-order valence-electron chi connectivity index (χ0n) is 13.6. The largest absolute Gasteiger partial charge is 0.493 e. The van der Waals surface area contributed by atoms with E-state index in [1.807, 2.05) is 18.2 Å². The Morgan fingerprint density at radius 3 is 2.68 bits per heavy atom. The average molecular weight is 306 g/mol. The molecule has 122 valence electrons. The van der Waals surface area contributed by atoms with Crippen molar-refractivity contribution >= 4 is 5.91 Å². The molecule has 0 heterocycles. The lowest BCUT2D eigenvalue weighted by Crippen LogP contribution is -2.42. The molecule has 5 nitrogen and oxygen atoms in total. The first-order valence-electron chi connectivity index (χ1n) is 7.81. The number of amides is 1. The summed E-state index contributed by atoms with van der Waals surface area (Å²) in [5.74, 6) is 1.94. The number of nitrogens with one attached hydrogen (secondary N) is 1. The Hall–Kier alpha value is -1.75. The molecule has 0 spiro atoms. The van der Waals surface area contributed by atoms with Crippen molar-refractivity contribution in [3.8, 4) is 11.5 Å². The van der Waals surface area contributed by atoms with Crippen molar-refractivity contribution in [2.24, 2.45) is 11.7 Å². The van der Waals surface area contributed by atoms with Crippen molar-refractivity contribution in [2.45, 2.75) is 45.2 Å². The smallest absolute Gasteiger partial charge is 0.240 e. The van der Waals surface area contributed by atoms with Gasteiger partial charge in [0.25, 0.3) is 0 Å². The molecule has 0 saturated heterocycles. The summed E-state index contributed by atoms with van der Waals surface area (Å²) < 4.78 is 11.1. The van der Waals surface area contributed by atoms with Gasteiger partial charge in [0.15, 0.2) is 11.5 Å². The predicted molar refractivity (Wildman–Crippen MR) is 85.9 cm³/mol. The standard InChI is InChI=1S/C17H26N2O3/c1-12(2)6-9-22-14-5-4-13(10-15(14)21-3)11-19-16(20)17(18)7-8-17/h4-5,10,12H,6-9,11,18H2,1-3H3,(H,19,20). The SMILES string of the molecule is COc1cc(CNC(=O)C2(N)CC2)ccc1OCCC(C)C. The number of ether oxygens (including phenoxy) is 2. The van der Waals surface area contributed by atoms with E-state index in [1.54, 1.807) is 7.11 Å². The maximum atomic E-state index is 11.8. The zero-order chi connectivity index (χ0) is 16.2. The first kappa shape index (κ1) is 16.6. The van der Waals surface area contributed by atoms with E-state index in [2.05, 4.69) is 19.2 Å². The molecule has 3 N–H and O–H groups in total. The van der Waals surface area contributed by atoms with Crippen molar-refractivity contribution < 1.29 is 14.3 Å². The summed E-state index contributed by atoms with van der Waals surface area (Å²) in [5.41, 5.74) is 6.19. The van der Waals surface area contributed by atoms with Crippen LogP contribution < -0.4 is 20.5 Å². The highest BCUT2D eigenvalue weighted by Gasteiger charge is 2.45. The van der Waals surface area contributed by atoms with Crippen LogP contribution >= 0.6 is 0 Å². The Bertz CT molecular complexity index is 525. The summed E-state index contributed by atoms with van der Waals surface area (Å²) in [6.45, 7) is 5.44. The number of rotatable bonds is 8. The average Bonchev–Trinajstić information content (AvgIpc) is 3.24. The van der Waals surface area contributed by atoms with Gasteiger partial charge < -0.3 is 20.5 Å². The fourth-order valence-corrected chi connectivity index (χ4v) is 2.07. The van der Waals surface area contributed by atoms with Crippen LogP contribution in [0.3, 0.4) is 0 Å². The molecule has 1 aromatic rings. The highest BCUT2D eigenvalue weighted by Crippen LogP contribution is 2.32. The second-order valence-corrected chi connectivity index (χ2v) is 6.36. The van der Waals surface area contributed by atoms with Crippen molar-refractivity contribution in [3.05, 3.63) is 23.8 Å². The molecule has 1 aliphatic carbocycles. The molecule has 0 unspecified atom stereocenters. The molecule has 0 bridgehead atoms. The van der Waals surface area contributed by atoms with Gasteiger partial charge in [-0.25, -0.2) is 0 Å². The van der Waals surface area contributed by atoms with E-state index in [-0.39, 0.29) is 5.91 Å². The van der Waals surface area contributed by atoms with E-state index in [4.69, 9.17) is 15.2 Å². The van der Waals surface area contributed by atoms with Gasteiger partial charge in [-0.05, 0) is 42.9 Å². The summed E-state index contributed by atoms with van der Waals surface area (Å²) >= 11 is 0. The molecule has 1 aromatic carbocycles. The van der Waals surface area contributed by atoms with Crippen LogP contribution in [0.5, 0.6) is 11.5 Å². The molecule has 22 heavy (non-hydrogen) atoms. The predicted octanol–water partition coefficient (Wildman–Crippen LogP) is 2.23. The number of benzene rings is 1. The molecule has 0 radical (unpaired) electrons. The third-order valence-corrected chi connectivity index (χ3v) is 3.87. The van der Waals surface area contributed by atoms with Gasteiger partial charge >= 0.3 is 0 Å². The summed E-state index contributed by atoms with van der Waals surface area (Å²) in [5, 5.41) is 2.87. The van der Waals surface area contributed by atoms with Crippen LogP contribution in [0, 0.1) is 5.92 Å². The minimum Gasteiger partial charge on any atom is -0.493 e. The van der Waals surface area contributed by atoms with E-state index < -0.39 is 5.54 Å². The minimum atomic E-state index is -0.635. The number of hydrogen-bond donors (Lipinski definition) is 2. The molecule has 0 aromatic heterocycles. The lowest BCUT2D eigenvalue weighted by molar-refractivity contribution is -0.123. The zero-order valence-corrected chi connectivity index (χ0v) is 13.6. The van der Waals surface area contributed by atoms with E-state index >= 15 is 0 Å². The van der Waals surface area contributed by atoms with Crippen molar-refractivity contribution in [2.75, 3.05) is 13.7 Å². The number of methoxy groups -OCH3 is 1. The molecule has 1 fully saturated rings. The van der Waals surface area contributed by atoms with E-state index in [9.17, 15) is 4.79 Å². The van der Waals surface area contributed by atoms with Crippen LogP contribution in [0.15, 0.2) is 18.2 Å². The third-order valence-electron chi connectivity index (χ3n) is 3.87. The first-order chi connectivity index (χ1) is 10.4. The van der Waals surface area contributed by atoms with Crippen LogP contribution in [-0.2, 0) is 11.3 Å². The van der Waals surface area contributed by atoms with E-state index in [0.29, 0.717) is 24.8 Å². The molecule has 0 atom stereocenters. The van der Waals surface area contributed by atoms with Gasteiger partial charge in [0.05, 0.1) is 19.3 Å². The van der Waals surface area contributed by atoms with E-state index in [1.165, 1.54) is 0 Å². The molecular weight excluding hydrogens is 280 g/mol. The highest BCUT2D eigenvalue weighted by atomic mass is 16.5. The van der Waals surface area contributed by atoms with Crippen molar-refractivity contribution in [1.82, 2.24) is 5.32 Å². The molecule has 5 heteroatoms. The first-order valence-corrected chi connectivity index (χ1v) is 7.81. The van der Waals surface area contributed by atoms with Crippen molar-refractivity contribution in [3.63, 3.8) is 0 Å². The Kier molecular flexibility index (Phi) is 5.29. The van der Waals surface area contributed by atoms with Gasteiger partial charge in [0.2, 0.25) is 5.91 Å². The van der Waals surface area contributed by atoms with Crippen LogP contribution in [0.4, 0.5) is 0 Å². The number of carbonyl (C=O) groups is 1. The van der Waals surface area contributed by atoms with Gasteiger partial charge in [-0.15, -0.1) is 0 Å². The van der Waals surface area contributed by atoms with Crippen LogP contribution in [0.25, 0.3) is 0 Å². The molecule has 1 aliphatic rings. The minimum absolute atomic E-state index is 0.0799. The fraction of sp³-hybridized carbons (Fsp3) is 0.588.